The fourth-order valence-corrected chi connectivity index (χ4v) is 3.30. The number of nitrogens with zero attached hydrogens (tertiary/aromatic N) is 2. The van der Waals surface area contributed by atoms with Gasteiger partial charge < -0.3 is 19.5 Å². The fourth-order valence-electron chi connectivity index (χ4n) is 2.67. The first-order chi connectivity index (χ1) is 12.3. The Hall–Kier alpha value is -2.39. The minimum Gasteiger partial charge on any atom is -0.378 e. The lowest BCUT2D eigenvalue weighted by atomic mass is 10.1. The highest BCUT2D eigenvalue weighted by Gasteiger charge is 2.20. The number of ether oxygens (including phenoxy) is 1. The third-order valence-corrected chi connectivity index (χ3v) is 5.34. The summed E-state index contributed by atoms with van der Waals surface area (Å²) in [5.41, 5.74) is 0.790. The Morgan fingerprint density at radius 2 is 1.88 bits per heavy atom. The number of carbonyl (C=O) groups is 1. The van der Waals surface area contributed by atoms with E-state index in [1.807, 2.05) is 11.8 Å². The van der Waals surface area contributed by atoms with Crippen LogP contribution in [0.2, 0.25) is 0 Å². The zero-order valence-corrected chi connectivity index (χ0v) is 15.5. The molecule has 1 amide bonds. The van der Waals surface area contributed by atoms with Gasteiger partial charge in [-0.1, -0.05) is 17.3 Å². The lowest BCUT2D eigenvalue weighted by Gasteiger charge is -2.25. The number of nitrogens with one attached hydrogen (secondary N) is 1. The van der Waals surface area contributed by atoms with Crippen LogP contribution in [0.5, 0.6) is 0 Å². The molecular weight excluding hydrogens is 358 g/mol. The van der Waals surface area contributed by atoms with Crippen molar-refractivity contribution in [2.24, 2.45) is 0 Å². The number of carbonyl (C=O) groups excluding carboxylic acids is 1. The van der Waals surface area contributed by atoms with Gasteiger partial charge in [-0.2, -0.15) is 0 Å². The molecule has 1 saturated heterocycles. The van der Waals surface area contributed by atoms with Crippen molar-refractivity contribution >= 4 is 21.6 Å². The number of hydrogen-bond acceptors (Lipinski definition) is 7. The molecule has 140 valence electrons. The third kappa shape index (κ3) is 4.23. The predicted molar refractivity (Wildman–Crippen MR) is 95.0 cm³/mol. The first kappa shape index (κ1) is 18.4. The number of morpholine rings is 1. The topological polar surface area (TPSA) is 102 Å². The molecule has 0 aliphatic carbocycles. The van der Waals surface area contributed by atoms with Gasteiger partial charge in [0.05, 0.1) is 24.2 Å². The molecule has 9 heteroatoms. The van der Waals surface area contributed by atoms with Crippen molar-refractivity contribution in [3.63, 3.8) is 0 Å². The highest BCUT2D eigenvalue weighted by molar-refractivity contribution is 7.90. The number of hydrogen-bond donors (Lipinski definition) is 1. The van der Waals surface area contributed by atoms with Crippen molar-refractivity contribution < 1.29 is 22.5 Å². The summed E-state index contributed by atoms with van der Waals surface area (Å²) in [5, 5.41) is 6.77. The Balaban J connectivity index is 1.65. The summed E-state index contributed by atoms with van der Waals surface area (Å²) < 4.78 is 33.5. The van der Waals surface area contributed by atoms with E-state index in [4.69, 9.17) is 9.26 Å². The first-order valence-corrected chi connectivity index (χ1v) is 10.1. The molecule has 1 aliphatic rings. The van der Waals surface area contributed by atoms with Crippen LogP contribution in [0, 0.1) is 0 Å². The van der Waals surface area contributed by atoms with E-state index in [0.717, 1.165) is 11.8 Å². The van der Waals surface area contributed by atoms with Crippen LogP contribution in [0.15, 0.2) is 39.8 Å². The molecule has 1 atom stereocenters. The minimum atomic E-state index is -3.24. The third-order valence-electron chi connectivity index (χ3n) is 4.21. The van der Waals surface area contributed by atoms with Crippen molar-refractivity contribution in [1.82, 2.24) is 10.5 Å². The van der Waals surface area contributed by atoms with E-state index >= 15 is 0 Å². The zero-order valence-electron chi connectivity index (χ0n) is 14.6. The summed E-state index contributed by atoms with van der Waals surface area (Å²) in [7, 11) is -3.24. The molecule has 0 spiro atoms. The summed E-state index contributed by atoms with van der Waals surface area (Å²) in [6.07, 6.45) is 1.16. The highest BCUT2D eigenvalue weighted by atomic mass is 32.2. The summed E-state index contributed by atoms with van der Waals surface area (Å²) in [6, 6.07) is 7.71. The molecule has 1 aromatic heterocycles. The molecule has 0 radical (unpaired) electrons. The molecule has 2 heterocycles. The molecule has 1 N–H and O–H groups in total. The van der Waals surface area contributed by atoms with Crippen LogP contribution in [0.25, 0.3) is 0 Å². The second-order valence-electron chi connectivity index (χ2n) is 6.19. The summed E-state index contributed by atoms with van der Waals surface area (Å²) >= 11 is 0. The Labute approximate surface area is 152 Å². The van der Waals surface area contributed by atoms with E-state index in [-0.39, 0.29) is 22.6 Å². The molecule has 3 rings (SSSR count). The molecule has 26 heavy (non-hydrogen) atoms. The first-order valence-electron chi connectivity index (χ1n) is 8.25. The largest absolute Gasteiger partial charge is 0.378 e. The highest BCUT2D eigenvalue weighted by Crippen LogP contribution is 2.19. The second-order valence-corrected chi connectivity index (χ2v) is 8.20. The quantitative estimate of drug-likeness (QED) is 0.838. The molecule has 8 nitrogen and oxygen atoms in total. The predicted octanol–water partition coefficient (Wildman–Crippen LogP) is 1.41. The van der Waals surface area contributed by atoms with E-state index in [1.165, 1.54) is 12.1 Å². The monoisotopic (exact) mass is 379 g/mol. The standard InChI is InChI=1S/C17H21N3O5S/c1-12(13-3-5-14(6-4-13)26(2,22)23)18-17(21)15-11-16(19-25-15)20-7-9-24-10-8-20/h3-6,11-12H,7-10H2,1-2H3,(H,18,21). The van der Waals surface area contributed by atoms with Gasteiger partial charge >= 0.3 is 0 Å². The Morgan fingerprint density at radius 3 is 2.50 bits per heavy atom. The second kappa shape index (κ2) is 7.46. The van der Waals surface area contributed by atoms with Crippen LogP contribution in [0.4, 0.5) is 5.82 Å². The molecule has 1 aromatic carbocycles. The van der Waals surface area contributed by atoms with Crippen LogP contribution < -0.4 is 10.2 Å². The van der Waals surface area contributed by atoms with Gasteiger partial charge in [0, 0.05) is 25.4 Å². The number of anilines is 1. The average molecular weight is 379 g/mol. The number of amides is 1. The minimum absolute atomic E-state index is 0.131. The van der Waals surface area contributed by atoms with Crippen molar-refractivity contribution in [2.45, 2.75) is 17.9 Å². The van der Waals surface area contributed by atoms with E-state index in [1.54, 1.807) is 18.2 Å². The maximum absolute atomic E-state index is 12.4. The summed E-state index contributed by atoms with van der Waals surface area (Å²) in [4.78, 5) is 14.6. The molecule has 0 saturated carbocycles. The number of sulfone groups is 1. The lowest BCUT2D eigenvalue weighted by molar-refractivity contribution is 0.0902. The average Bonchev–Trinajstić information content (AvgIpc) is 3.12. The van der Waals surface area contributed by atoms with Crippen LogP contribution >= 0.6 is 0 Å². The Morgan fingerprint density at radius 1 is 1.23 bits per heavy atom. The number of rotatable bonds is 5. The van der Waals surface area contributed by atoms with Crippen molar-refractivity contribution in [1.29, 1.82) is 0 Å². The van der Waals surface area contributed by atoms with Crippen molar-refractivity contribution in [3.8, 4) is 0 Å². The van der Waals surface area contributed by atoms with Gasteiger partial charge in [0.15, 0.2) is 15.7 Å². The van der Waals surface area contributed by atoms with Crippen LogP contribution in [-0.2, 0) is 14.6 Å². The van der Waals surface area contributed by atoms with E-state index in [9.17, 15) is 13.2 Å². The fraction of sp³-hybridized carbons (Fsp3) is 0.412. The molecule has 1 aliphatic heterocycles. The van der Waals surface area contributed by atoms with Crippen LogP contribution in [-0.4, -0.2) is 52.0 Å². The molecular formula is C17H21N3O5S. The van der Waals surface area contributed by atoms with Crippen molar-refractivity contribution in [2.75, 3.05) is 37.5 Å². The lowest BCUT2D eigenvalue weighted by Crippen LogP contribution is -2.36. The van der Waals surface area contributed by atoms with Gasteiger partial charge in [0.2, 0.25) is 5.76 Å². The number of benzene rings is 1. The molecule has 1 unspecified atom stereocenters. The van der Waals surface area contributed by atoms with Gasteiger partial charge in [-0.15, -0.1) is 0 Å². The van der Waals surface area contributed by atoms with E-state index in [0.29, 0.717) is 32.1 Å². The normalized spacial score (nSPS) is 16.3. The van der Waals surface area contributed by atoms with E-state index < -0.39 is 9.84 Å². The number of aromatic nitrogens is 1. The summed E-state index contributed by atoms with van der Waals surface area (Å²) in [5.74, 6) is 0.367. The van der Waals surface area contributed by atoms with Crippen molar-refractivity contribution in [3.05, 3.63) is 41.7 Å². The Kier molecular flexibility index (Phi) is 5.28. The zero-order chi connectivity index (χ0) is 18.7. The van der Waals surface area contributed by atoms with Crippen LogP contribution in [0.1, 0.15) is 29.1 Å². The van der Waals surface area contributed by atoms with Gasteiger partial charge in [0.1, 0.15) is 0 Å². The summed E-state index contributed by atoms with van der Waals surface area (Å²) in [6.45, 7) is 4.46. The van der Waals surface area contributed by atoms with Gasteiger partial charge in [-0.05, 0) is 24.6 Å². The molecule has 2 aromatic rings. The molecule has 0 bridgehead atoms. The Bertz CT molecular complexity index is 870. The van der Waals surface area contributed by atoms with Gasteiger partial charge in [-0.3, -0.25) is 4.79 Å². The van der Waals surface area contributed by atoms with Gasteiger partial charge in [-0.25, -0.2) is 8.42 Å². The smallest absolute Gasteiger partial charge is 0.290 e. The SMILES string of the molecule is CC(NC(=O)c1cc(N2CCOCC2)no1)c1ccc(S(C)(=O)=O)cc1. The van der Waals surface area contributed by atoms with E-state index in [2.05, 4.69) is 10.5 Å². The maximum atomic E-state index is 12.4. The van der Waals surface area contributed by atoms with Crippen LogP contribution in [0.3, 0.4) is 0 Å². The van der Waals surface area contributed by atoms with Gasteiger partial charge in [0.25, 0.3) is 5.91 Å². The maximum Gasteiger partial charge on any atom is 0.290 e. The molecule has 1 fully saturated rings.